The number of aliphatic carboxylic acids is 1. The Balaban J connectivity index is 1.47. The van der Waals surface area contributed by atoms with Gasteiger partial charge in [-0.1, -0.05) is 53.5 Å². The van der Waals surface area contributed by atoms with Gasteiger partial charge in [0.05, 0.1) is 21.1 Å². The number of amides is 1. The number of thiazole rings is 1. The number of halogens is 2. The van der Waals surface area contributed by atoms with E-state index in [9.17, 15) is 19.5 Å². The van der Waals surface area contributed by atoms with Crippen LogP contribution in [-0.4, -0.2) is 46.9 Å². The van der Waals surface area contributed by atoms with Crippen LogP contribution in [0.3, 0.4) is 0 Å². The van der Waals surface area contributed by atoms with Crippen LogP contribution in [0.2, 0.25) is 10.0 Å². The minimum absolute atomic E-state index is 0.0272. The highest BCUT2D eigenvalue weighted by atomic mass is 35.5. The van der Waals surface area contributed by atoms with E-state index in [4.69, 9.17) is 23.2 Å². The zero-order valence-electron chi connectivity index (χ0n) is 18.5. The van der Waals surface area contributed by atoms with E-state index in [0.717, 1.165) is 24.1 Å². The van der Waals surface area contributed by atoms with Gasteiger partial charge in [0.1, 0.15) is 11.7 Å². The van der Waals surface area contributed by atoms with Gasteiger partial charge in [-0.15, -0.1) is 11.3 Å². The molecule has 0 spiro atoms. The number of ketones is 1. The van der Waals surface area contributed by atoms with Crippen molar-refractivity contribution in [3.05, 3.63) is 85.8 Å². The summed E-state index contributed by atoms with van der Waals surface area (Å²) in [5.74, 6) is -1.97. The van der Waals surface area contributed by atoms with Crippen molar-refractivity contribution >= 4 is 52.2 Å². The summed E-state index contributed by atoms with van der Waals surface area (Å²) in [6.07, 6.45) is 0.892. The second-order valence-corrected chi connectivity index (χ2v) is 9.88. The van der Waals surface area contributed by atoms with Crippen LogP contribution in [-0.2, 0) is 11.2 Å². The molecule has 7 nitrogen and oxygen atoms in total. The lowest BCUT2D eigenvalue weighted by Crippen LogP contribution is -2.42. The number of carbonyl (C=O) groups is 3. The van der Waals surface area contributed by atoms with Gasteiger partial charge in [-0.05, 0) is 42.1 Å². The Kier molecular flexibility index (Phi) is 8.18. The van der Waals surface area contributed by atoms with Gasteiger partial charge in [-0.25, -0.2) is 9.78 Å². The maximum Gasteiger partial charge on any atom is 0.326 e. The average molecular weight is 532 g/mol. The Labute approximate surface area is 216 Å². The highest BCUT2D eigenvalue weighted by Gasteiger charge is 2.33. The van der Waals surface area contributed by atoms with Gasteiger partial charge in [-0.3, -0.25) is 9.59 Å². The topological polar surface area (TPSA) is 108 Å². The van der Waals surface area contributed by atoms with Crippen LogP contribution < -0.4 is 10.6 Å². The molecule has 1 fully saturated rings. The second-order valence-electron chi connectivity index (χ2n) is 8.35. The van der Waals surface area contributed by atoms with E-state index in [1.807, 2.05) is 24.3 Å². The van der Waals surface area contributed by atoms with Gasteiger partial charge in [0, 0.05) is 24.3 Å². The predicted molar refractivity (Wildman–Crippen MR) is 136 cm³/mol. The summed E-state index contributed by atoms with van der Waals surface area (Å²) >= 11 is 13.6. The number of aromatic nitrogens is 1. The molecule has 3 N–H and O–H groups in total. The number of benzene rings is 2. The lowest BCUT2D eigenvalue weighted by Gasteiger charge is -2.31. The van der Waals surface area contributed by atoms with Gasteiger partial charge < -0.3 is 15.7 Å². The second kappa shape index (κ2) is 11.3. The number of nitrogens with zero attached hydrogens (tertiary/aromatic N) is 1. The molecular formula is C25H23Cl2N3O4S. The van der Waals surface area contributed by atoms with Crippen LogP contribution in [0.5, 0.6) is 0 Å². The van der Waals surface area contributed by atoms with Crippen LogP contribution in [0.1, 0.15) is 44.3 Å². The molecule has 3 aromatic rings. The molecule has 0 bridgehead atoms. The first-order valence-electron chi connectivity index (χ1n) is 11.0. The Bertz CT molecular complexity index is 1200. The van der Waals surface area contributed by atoms with Gasteiger partial charge in [0.25, 0.3) is 5.91 Å². The van der Waals surface area contributed by atoms with E-state index in [2.05, 4.69) is 15.6 Å². The summed E-state index contributed by atoms with van der Waals surface area (Å²) in [6.45, 7) is 1.39. The summed E-state index contributed by atoms with van der Waals surface area (Å²) in [7, 11) is 0. The van der Waals surface area contributed by atoms with Crippen molar-refractivity contribution in [3.63, 3.8) is 0 Å². The first kappa shape index (κ1) is 25.3. The van der Waals surface area contributed by atoms with E-state index >= 15 is 0 Å². The average Bonchev–Trinajstić information content (AvgIpc) is 3.39. The monoisotopic (exact) mass is 531 g/mol. The van der Waals surface area contributed by atoms with Crippen LogP contribution in [0, 0.1) is 5.92 Å². The fraction of sp³-hybridized carbons (Fsp3) is 0.280. The lowest BCUT2D eigenvalue weighted by molar-refractivity contribution is -0.139. The molecule has 35 heavy (non-hydrogen) atoms. The van der Waals surface area contributed by atoms with Gasteiger partial charge in [0.15, 0.2) is 5.78 Å². The van der Waals surface area contributed by atoms with Crippen LogP contribution >= 0.6 is 34.5 Å². The largest absolute Gasteiger partial charge is 0.480 e. The molecule has 0 aliphatic carbocycles. The quantitative estimate of drug-likeness (QED) is 0.370. The van der Waals surface area contributed by atoms with Crippen LogP contribution in [0.15, 0.2) is 53.4 Å². The predicted octanol–water partition coefficient (Wildman–Crippen LogP) is 4.45. The molecule has 3 atom stereocenters. The summed E-state index contributed by atoms with van der Waals surface area (Å²) in [6, 6.07) is 11.0. The normalized spacial score (nSPS) is 18.6. The Hall–Kier alpha value is -2.78. The summed E-state index contributed by atoms with van der Waals surface area (Å²) in [4.78, 5) is 41.7. The van der Waals surface area contributed by atoms with Gasteiger partial charge in [-0.2, -0.15) is 0 Å². The maximum absolute atomic E-state index is 13.0. The van der Waals surface area contributed by atoms with E-state index in [1.165, 1.54) is 23.5 Å². The number of carboxylic acid groups (broad SMARTS) is 1. The van der Waals surface area contributed by atoms with E-state index in [0.29, 0.717) is 12.2 Å². The summed E-state index contributed by atoms with van der Waals surface area (Å²) < 4.78 is 0. The Morgan fingerprint density at radius 3 is 2.49 bits per heavy atom. The number of hydrogen-bond acceptors (Lipinski definition) is 6. The van der Waals surface area contributed by atoms with Crippen molar-refractivity contribution in [2.45, 2.75) is 24.8 Å². The van der Waals surface area contributed by atoms with Gasteiger partial charge >= 0.3 is 5.97 Å². The molecule has 1 saturated heterocycles. The number of carbonyl (C=O) groups excluding carboxylic acids is 2. The highest BCUT2D eigenvalue weighted by molar-refractivity contribution is 7.07. The number of hydrogen-bond donors (Lipinski definition) is 3. The molecule has 2 heterocycles. The maximum atomic E-state index is 13.0. The number of rotatable bonds is 8. The molecule has 2 unspecified atom stereocenters. The van der Waals surface area contributed by atoms with Crippen molar-refractivity contribution in [1.29, 1.82) is 0 Å². The van der Waals surface area contributed by atoms with Crippen molar-refractivity contribution in [2.24, 2.45) is 5.92 Å². The fourth-order valence-electron chi connectivity index (χ4n) is 4.34. The van der Waals surface area contributed by atoms with Crippen LogP contribution in [0.25, 0.3) is 0 Å². The number of carboxylic acids is 1. The van der Waals surface area contributed by atoms with Crippen molar-refractivity contribution in [2.75, 3.05) is 13.1 Å². The molecule has 182 valence electrons. The lowest BCUT2D eigenvalue weighted by atomic mass is 9.78. The minimum atomic E-state index is -1.17. The molecule has 2 aromatic carbocycles. The van der Waals surface area contributed by atoms with E-state index in [-0.39, 0.29) is 39.6 Å². The first-order valence-corrected chi connectivity index (χ1v) is 12.7. The zero-order chi connectivity index (χ0) is 24.9. The number of Topliss-reactive ketones (excluding diaryl/α,β-unsaturated/α-hetero) is 1. The molecule has 1 aliphatic heterocycles. The number of nitrogens with one attached hydrogen (secondary N) is 2. The third-order valence-electron chi connectivity index (χ3n) is 6.14. The molecule has 1 aromatic heterocycles. The standard InChI is InChI=1S/C25H23Cl2N3O4S/c26-18-2-1-3-19(27)22(18)24(32)30-20(25(33)34)10-14-4-6-15(7-5-14)16-8-9-28-11-17(16)23(31)21-12-35-13-29-21/h1-7,12-13,16-17,20,28H,8-11H2,(H,30,32)(H,33,34)/t16?,17?,20-/m0/s1. The fourth-order valence-corrected chi connectivity index (χ4v) is 5.45. The van der Waals surface area contributed by atoms with Crippen molar-refractivity contribution in [1.82, 2.24) is 15.6 Å². The molecule has 1 amide bonds. The third kappa shape index (κ3) is 5.90. The van der Waals surface area contributed by atoms with Crippen LogP contribution in [0.4, 0.5) is 0 Å². The molecule has 4 rings (SSSR count). The summed E-state index contributed by atoms with van der Waals surface area (Å²) in [5, 5.41) is 17.6. The molecule has 1 aliphatic rings. The molecule has 0 saturated carbocycles. The summed E-state index contributed by atoms with van der Waals surface area (Å²) in [5.41, 5.74) is 3.94. The minimum Gasteiger partial charge on any atom is -0.480 e. The molecule has 0 radical (unpaired) electrons. The SMILES string of the molecule is O=C(N[C@@H](Cc1ccc(C2CCNCC2C(=O)c2cscn2)cc1)C(=O)O)c1c(Cl)cccc1Cl. The Morgan fingerprint density at radius 2 is 1.86 bits per heavy atom. The van der Waals surface area contributed by atoms with Crippen molar-refractivity contribution in [3.8, 4) is 0 Å². The highest BCUT2D eigenvalue weighted by Crippen LogP contribution is 2.33. The molecule has 10 heteroatoms. The zero-order valence-corrected chi connectivity index (χ0v) is 20.9. The smallest absolute Gasteiger partial charge is 0.326 e. The number of piperidine rings is 1. The first-order chi connectivity index (χ1) is 16.8. The van der Waals surface area contributed by atoms with Gasteiger partial charge in [0.2, 0.25) is 0 Å². The Morgan fingerprint density at radius 1 is 1.14 bits per heavy atom. The molecular weight excluding hydrogens is 509 g/mol. The van der Waals surface area contributed by atoms with Crippen molar-refractivity contribution < 1.29 is 19.5 Å². The van der Waals surface area contributed by atoms with E-state index < -0.39 is 17.9 Å². The third-order valence-corrected chi connectivity index (χ3v) is 7.36. The van der Waals surface area contributed by atoms with E-state index in [1.54, 1.807) is 17.0 Å².